The molecule has 3 aromatic rings. The van der Waals surface area contributed by atoms with Gasteiger partial charge in [0.15, 0.2) is 0 Å². The normalized spacial score (nSPS) is 22.9. The van der Waals surface area contributed by atoms with E-state index in [4.69, 9.17) is 0 Å². The van der Waals surface area contributed by atoms with Crippen LogP contribution in [0.2, 0.25) is 0 Å². The molecule has 0 saturated heterocycles. The highest BCUT2D eigenvalue weighted by Gasteiger charge is 2.41. The lowest BCUT2D eigenvalue weighted by Gasteiger charge is -2.21. The van der Waals surface area contributed by atoms with Gasteiger partial charge in [-0.3, -0.25) is 4.74 Å². The molecule has 1 aromatic carbocycles. The number of anilines is 2. The highest BCUT2D eigenvalue weighted by atomic mass is 32.1. The van der Waals surface area contributed by atoms with Crippen molar-refractivity contribution < 1.29 is 33.2 Å². The summed E-state index contributed by atoms with van der Waals surface area (Å²) in [5, 5.41) is 36.6. The molecule has 5 N–H and O–H groups in total. The van der Waals surface area contributed by atoms with Crippen molar-refractivity contribution >= 4 is 33.3 Å². The standard InChI is InChI=1S/C21H24F3N5O4S/c1-10-15(19-28-12-4-2-3-5-14(12)34-19)18(27-13-8-11(9-30)16(31)17(13)32)29-20(26-10)25-6-7-33-21(22,23)24/h2-5,11,13,16-17,30-32H,6-9H2,1H3,(H2,25,26,27,29)/t11-,13-,16-,17+/m1/s1. The average Bonchev–Trinajstić information content (AvgIpc) is 3.32. The molecule has 0 bridgehead atoms. The molecular weight excluding hydrogens is 475 g/mol. The average molecular weight is 500 g/mol. The van der Waals surface area contributed by atoms with Crippen molar-refractivity contribution in [1.82, 2.24) is 15.0 Å². The summed E-state index contributed by atoms with van der Waals surface area (Å²) in [4.78, 5) is 13.5. The van der Waals surface area contributed by atoms with Crippen LogP contribution >= 0.6 is 11.3 Å². The molecule has 2 heterocycles. The number of fused-ring (bicyclic) bond motifs is 1. The number of hydrogen-bond acceptors (Lipinski definition) is 10. The van der Waals surface area contributed by atoms with Crippen molar-refractivity contribution in [1.29, 1.82) is 0 Å². The number of benzene rings is 1. The van der Waals surface area contributed by atoms with E-state index in [1.54, 1.807) is 6.92 Å². The molecule has 2 aromatic heterocycles. The van der Waals surface area contributed by atoms with Crippen LogP contribution in [0.5, 0.6) is 0 Å². The van der Waals surface area contributed by atoms with Crippen LogP contribution in [0.3, 0.4) is 0 Å². The van der Waals surface area contributed by atoms with Crippen molar-refractivity contribution in [3.05, 3.63) is 30.0 Å². The number of hydrogen-bond donors (Lipinski definition) is 5. The minimum absolute atomic E-state index is 0.0716. The topological polar surface area (TPSA) is 133 Å². The number of nitrogens with zero attached hydrogens (tertiary/aromatic N) is 3. The van der Waals surface area contributed by atoms with E-state index in [1.807, 2.05) is 24.3 Å². The number of aliphatic hydroxyl groups is 3. The molecule has 1 aliphatic carbocycles. The van der Waals surface area contributed by atoms with Crippen molar-refractivity contribution in [2.24, 2.45) is 5.92 Å². The molecule has 1 aliphatic rings. The van der Waals surface area contributed by atoms with Crippen LogP contribution in [0.15, 0.2) is 24.3 Å². The number of aliphatic hydroxyl groups excluding tert-OH is 3. The van der Waals surface area contributed by atoms with Gasteiger partial charge in [0, 0.05) is 19.1 Å². The molecule has 4 rings (SSSR count). The number of nitrogens with one attached hydrogen (secondary N) is 2. The van der Waals surface area contributed by atoms with Crippen LogP contribution in [0.4, 0.5) is 24.9 Å². The second-order valence-electron chi connectivity index (χ2n) is 7.97. The largest absolute Gasteiger partial charge is 0.522 e. The van der Waals surface area contributed by atoms with E-state index in [0.717, 1.165) is 10.2 Å². The van der Waals surface area contributed by atoms with Crippen molar-refractivity contribution in [3.63, 3.8) is 0 Å². The number of ether oxygens (including phenoxy) is 1. The molecule has 0 aliphatic heterocycles. The SMILES string of the molecule is Cc1nc(NCCOC(F)(F)F)nc(N[C@@H]2C[C@H](CO)[C@@H](O)[C@H]2O)c1-c1nc2ccccc2s1. The first-order chi connectivity index (χ1) is 16.2. The van der Waals surface area contributed by atoms with E-state index in [-0.39, 0.29) is 19.1 Å². The first-order valence-electron chi connectivity index (χ1n) is 10.6. The number of rotatable bonds is 8. The minimum Gasteiger partial charge on any atom is -0.396 e. The van der Waals surface area contributed by atoms with E-state index < -0.39 is 37.1 Å². The summed E-state index contributed by atoms with van der Waals surface area (Å²) in [6.07, 6.45) is -6.69. The van der Waals surface area contributed by atoms with Gasteiger partial charge in [-0.05, 0) is 25.5 Å². The molecule has 9 nitrogen and oxygen atoms in total. The van der Waals surface area contributed by atoms with Gasteiger partial charge in [0.25, 0.3) is 0 Å². The van der Waals surface area contributed by atoms with Crippen LogP contribution in [-0.4, -0.2) is 74.6 Å². The van der Waals surface area contributed by atoms with E-state index >= 15 is 0 Å². The summed E-state index contributed by atoms with van der Waals surface area (Å²) < 4.78 is 41.4. The lowest BCUT2D eigenvalue weighted by atomic mass is 10.1. The Hall–Kier alpha value is -2.58. The lowest BCUT2D eigenvalue weighted by Crippen LogP contribution is -2.35. The fourth-order valence-electron chi connectivity index (χ4n) is 3.95. The number of halogens is 3. The Morgan fingerprint density at radius 3 is 2.59 bits per heavy atom. The molecule has 1 saturated carbocycles. The second kappa shape index (κ2) is 9.96. The third-order valence-electron chi connectivity index (χ3n) is 5.61. The zero-order valence-electron chi connectivity index (χ0n) is 18.1. The van der Waals surface area contributed by atoms with E-state index in [9.17, 15) is 28.5 Å². The van der Waals surface area contributed by atoms with Crippen molar-refractivity contribution in [3.8, 4) is 10.6 Å². The van der Waals surface area contributed by atoms with Gasteiger partial charge >= 0.3 is 6.36 Å². The number of thiazole rings is 1. The Balaban J connectivity index is 1.65. The summed E-state index contributed by atoms with van der Waals surface area (Å²) in [5.41, 5.74) is 1.88. The fourth-order valence-corrected chi connectivity index (χ4v) is 5.01. The minimum atomic E-state index is -4.73. The summed E-state index contributed by atoms with van der Waals surface area (Å²) >= 11 is 1.42. The molecule has 34 heavy (non-hydrogen) atoms. The molecule has 4 atom stereocenters. The number of para-hydroxylation sites is 1. The summed E-state index contributed by atoms with van der Waals surface area (Å²) in [6, 6.07) is 6.96. The van der Waals surface area contributed by atoms with Gasteiger partial charge in [-0.2, -0.15) is 4.98 Å². The lowest BCUT2D eigenvalue weighted by molar-refractivity contribution is -0.322. The number of alkyl halides is 3. The third kappa shape index (κ3) is 5.39. The molecule has 0 spiro atoms. The fraction of sp³-hybridized carbons (Fsp3) is 0.476. The van der Waals surface area contributed by atoms with Gasteiger partial charge in [-0.15, -0.1) is 24.5 Å². The van der Waals surface area contributed by atoms with Gasteiger partial charge < -0.3 is 26.0 Å². The molecule has 0 amide bonds. The molecule has 0 radical (unpaired) electrons. The monoisotopic (exact) mass is 499 g/mol. The number of aryl methyl sites for hydroxylation is 1. The maximum absolute atomic E-state index is 12.2. The predicted molar refractivity (Wildman–Crippen MR) is 120 cm³/mol. The highest BCUT2D eigenvalue weighted by Crippen LogP contribution is 2.38. The second-order valence-corrected chi connectivity index (χ2v) is 9.00. The Morgan fingerprint density at radius 2 is 1.91 bits per heavy atom. The van der Waals surface area contributed by atoms with Gasteiger partial charge in [0.05, 0.1) is 40.2 Å². The first kappa shape index (κ1) is 24.5. The maximum atomic E-state index is 12.2. The molecule has 184 valence electrons. The van der Waals surface area contributed by atoms with Gasteiger partial charge in [-0.1, -0.05) is 12.1 Å². The summed E-state index contributed by atoms with van der Waals surface area (Å²) in [6.45, 7) is 0.633. The van der Waals surface area contributed by atoms with E-state index in [1.165, 1.54) is 11.3 Å². The van der Waals surface area contributed by atoms with E-state index in [0.29, 0.717) is 28.5 Å². The Bertz CT molecular complexity index is 1110. The first-order valence-corrected chi connectivity index (χ1v) is 11.4. The van der Waals surface area contributed by atoms with Crippen molar-refractivity contribution in [2.45, 2.75) is 38.0 Å². The summed E-state index contributed by atoms with van der Waals surface area (Å²) in [5.74, 6) is -0.124. The Morgan fingerprint density at radius 1 is 1.15 bits per heavy atom. The zero-order chi connectivity index (χ0) is 24.5. The van der Waals surface area contributed by atoms with Crippen molar-refractivity contribution in [2.75, 3.05) is 30.4 Å². The highest BCUT2D eigenvalue weighted by molar-refractivity contribution is 7.21. The Kier molecular flexibility index (Phi) is 7.19. The van der Waals surface area contributed by atoms with E-state index in [2.05, 4.69) is 30.3 Å². The molecule has 1 fully saturated rings. The maximum Gasteiger partial charge on any atom is 0.522 e. The van der Waals surface area contributed by atoms with Crippen LogP contribution in [0.1, 0.15) is 12.1 Å². The molecular formula is C21H24F3N5O4S. The quantitative estimate of drug-likeness (QED) is 0.297. The van der Waals surface area contributed by atoms with Gasteiger partial charge in [-0.25, -0.2) is 9.97 Å². The Labute approximate surface area is 196 Å². The number of aromatic nitrogens is 3. The van der Waals surface area contributed by atoms with Crippen LogP contribution in [-0.2, 0) is 4.74 Å². The third-order valence-corrected chi connectivity index (χ3v) is 6.66. The predicted octanol–water partition coefficient (Wildman–Crippen LogP) is 2.52. The van der Waals surface area contributed by atoms with Crippen LogP contribution < -0.4 is 10.6 Å². The smallest absolute Gasteiger partial charge is 0.396 e. The zero-order valence-corrected chi connectivity index (χ0v) is 18.9. The van der Waals surface area contributed by atoms with Gasteiger partial charge in [0.1, 0.15) is 16.9 Å². The van der Waals surface area contributed by atoms with Gasteiger partial charge in [0.2, 0.25) is 5.95 Å². The van der Waals surface area contributed by atoms with Crippen LogP contribution in [0, 0.1) is 12.8 Å². The molecule has 0 unspecified atom stereocenters. The summed E-state index contributed by atoms with van der Waals surface area (Å²) in [7, 11) is 0. The molecule has 13 heteroatoms. The van der Waals surface area contributed by atoms with Crippen LogP contribution in [0.25, 0.3) is 20.8 Å².